The van der Waals surface area contributed by atoms with Crippen LogP contribution in [0.15, 0.2) is 30.6 Å². The highest BCUT2D eigenvalue weighted by atomic mass is 16.3. The first-order chi connectivity index (χ1) is 7.18. The lowest BCUT2D eigenvalue weighted by atomic mass is 9.99. The predicted octanol–water partition coefficient (Wildman–Crippen LogP) is 2.91. The Labute approximate surface area is 88.8 Å². The second kappa shape index (κ2) is 3.77. The van der Waals surface area contributed by atoms with Crippen LogP contribution in [0.1, 0.15) is 25.3 Å². The molecule has 2 aromatic rings. The number of aromatic nitrogens is 2. The lowest BCUT2D eigenvalue weighted by molar-refractivity contribution is 0.465. The number of nitrogens with one attached hydrogen (secondary N) is 1. The number of hydrogen-bond acceptors (Lipinski definition) is 2. The minimum Gasteiger partial charge on any atom is -0.508 e. The maximum atomic E-state index is 9.83. The Balaban J connectivity index is 2.42. The molecular weight excluding hydrogens is 188 g/mol. The molecule has 3 nitrogen and oxygen atoms in total. The highest BCUT2D eigenvalue weighted by Crippen LogP contribution is 2.30. The lowest BCUT2D eigenvalue weighted by Crippen LogP contribution is -1.88. The molecule has 0 spiro atoms. The van der Waals surface area contributed by atoms with Crippen molar-refractivity contribution in [3.05, 3.63) is 36.2 Å². The van der Waals surface area contributed by atoms with E-state index in [1.807, 2.05) is 18.3 Å². The average molecular weight is 202 g/mol. The van der Waals surface area contributed by atoms with Crippen LogP contribution in [-0.4, -0.2) is 15.3 Å². The summed E-state index contributed by atoms with van der Waals surface area (Å²) in [6, 6.07) is 5.74. The summed E-state index contributed by atoms with van der Waals surface area (Å²) in [6.45, 7) is 4.12. The molecule has 1 aromatic heterocycles. The van der Waals surface area contributed by atoms with E-state index in [2.05, 4.69) is 24.0 Å². The van der Waals surface area contributed by atoms with Gasteiger partial charge in [-0.1, -0.05) is 26.0 Å². The number of benzene rings is 1. The van der Waals surface area contributed by atoms with Crippen LogP contribution in [0.25, 0.3) is 11.1 Å². The standard InChI is InChI=1S/C12H14N2O/c1-8(2)11-4-3-9(5-12(11)15)10-6-13-14-7-10/h3-8,15H,1-2H3,(H,13,14). The van der Waals surface area contributed by atoms with Crippen LogP contribution in [0.5, 0.6) is 5.75 Å². The van der Waals surface area contributed by atoms with Crippen LogP contribution in [0, 0.1) is 0 Å². The summed E-state index contributed by atoms with van der Waals surface area (Å²) < 4.78 is 0. The zero-order chi connectivity index (χ0) is 10.8. The van der Waals surface area contributed by atoms with Gasteiger partial charge in [-0.25, -0.2) is 0 Å². The normalized spacial score (nSPS) is 10.9. The van der Waals surface area contributed by atoms with Gasteiger partial charge in [0.25, 0.3) is 0 Å². The van der Waals surface area contributed by atoms with Gasteiger partial charge in [-0.05, 0) is 23.1 Å². The molecule has 0 aliphatic carbocycles. The lowest BCUT2D eigenvalue weighted by Gasteiger charge is -2.09. The number of hydrogen-bond donors (Lipinski definition) is 2. The third-order valence-corrected chi connectivity index (χ3v) is 2.48. The fraction of sp³-hybridized carbons (Fsp3) is 0.250. The van der Waals surface area contributed by atoms with E-state index in [1.165, 1.54) is 0 Å². The zero-order valence-corrected chi connectivity index (χ0v) is 8.86. The van der Waals surface area contributed by atoms with Crippen molar-refractivity contribution in [2.45, 2.75) is 19.8 Å². The van der Waals surface area contributed by atoms with Gasteiger partial charge in [-0.2, -0.15) is 5.10 Å². The summed E-state index contributed by atoms with van der Waals surface area (Å²) in [6.07, 6.45) is 3.55. The monoisotopic (exact) mass is 202 g/mol. The Bertz CT molecular complexity index is 447. The third kappa shape index (κ3) is 1.86. The zero-order valence-electron chi connectivity index (χ0n) is 8.86. The summed E-state index contributed by atoms with van der Waals surface area (Å²) in [5, 5.41) is 16.5. The molecule has 0 amide bonds. The molecule has 0 radical (unpaired) electrons. The van der Waals surface area contributed by atoms with Crippen molar-refractivity contribution in [2.75, 3.05) is 0 Å². The highest BCUT2D eigenvalue weighted by molar-refractivity contribution is 5.64. The molecule has 3 heteroatoms. The molecular formula is C12H14N2O. The maximum absolute atomic E-state index is 9.83. The molecule has 15 heavy (non-hydrogen) atoms. The quantitative estimate of drug-likeness (QED) is 0.786. The van der Waals surface area contributed by atoms with Crippen molar-refractivity contribution < 1.29 is 5.11 Å². The van der Waals surface area contributed by atoms with Crippen LogP contribution < -0.4 is 0 Å². The van der Waals surface area contributed by atoms with E-state index in [0.717, 1.165) is 16.7 Å². The van der Waals surface area contributed by atoms with E-state index in [9.17, 15) is 5.11 Å². The molecule has 1 aromatic carbocycles. The van der Waals surface area contributed by atoms with Crippen molar-refractivity contribution in [3.8, 4) is 16.9 Å². The van der Waals surface area contributed by atoms with Gasteiger partial charge < -0.3 is 5.11 Å². The number of phenols is 1. The van der Waals surface area contributed by atoms with Crippen LogP contribution in [0.4, 0.5) is 0 Å². The Hall–Kier alpha value is -1.77. The number of rotatable bonds is 2. The first-order valence-corrected chi connectivity index (χ1v) is 5.00. The van der Waals surface area contributed by atoms with Gasteiger partial charge in [0.05, 0.1) is 6.20 Å². The fourth-order valence-corrected chi connectivity index (χ4v) is 1.62. The molecule has 0 saturated heterocycles. The molecule has 0 atom stereocenters. The SMILES string of the molecule is CC(C)c1ccc(-c2cn[nH]c2)cc1O. The molecule has 0 bridgehead atoms. The van der Waals surface area contributed by atoms with E-state index in [1.54, 1.807) is 12.3 Å². The van der Waals surface area contributed by atoms with Gasteiger partial charge in [-0.15, -0.1) is 0 Å². The Morgan fingerprint density at radius 3 is 2.60 bits per heavy atom. The summed E-state index contributed by atoms with van der Waals surface area (Å²) in [5.41, 5.74) is 2.94. The number of nitrogens with zero attached hydrogens (tertiary/aromatic N) is 1. The minimum absolute atomic E-state index is 0.336. The van der Waals surface area contributed by atoms with Crippen LogP contribution in [0.3, 0.4) is 0 Å². The number of H-pyrrole nitrogens is 1. The number of aromatic hydroxyl groups is 1. The number of phenolic OH excluding ortho intramolecular Hbond substituents is 1. The Morgan fingerprint density at radius 2 is 2.07 bits per heavy atom. The van der Waals surface area contributed by atoms with Crippen molar-refractivity contribution in [1.82, 2.24) is 10.2 Å². The van der Waals surface area contributed by atoms with Crippen LogP contribution >= 0.6 is 0 Å². The Kier molecular flexibility index (Phi) is 2.46. The first kappa shape index (κ1) is 9.77. The Morgan fingerprint density at radius 1 is 1.27 bits per heavy atom. The van der Waals surface area contributed by atoms with Crippen molar-refractivity contribution >= 4 is 0 Å². The summed E-state index contributed by atoms with van der Waals surface area (Å²) in [7, 11) is 0. The molecule has 2 N–H and O–H groups in total. The summed E-state index contributed by atoms with van der Waals surface area (Å²) >= 11 is 0. The maximum Gasteiger partial charge on any atom is 0.119 e. The van der Waals surface area contributed by atoms with E-state index < -0.39 is 0 Å². The highest BCUT2D eigenvalue weighted by Gasteiger charge is 2.07. The van der Waals surface area contributed by atoms with Gasteiger partial charge in [-0.3, -0.25) is 5.10 Å². The topological polar surface area (TPSA) is 48.9 Å². The first-order valence-electron chi connectivity index (χ1n) is 5.00. The molecule has 0 unspecified atom stereocenters. The molecule has 2 rings (SSSR count). The van der Waals surface area contributed by atoms with Gasteiger partial charge in [0.2, 0.25) is 0 Å². The molecule has 0 aliphatic heterocycles. The molecule has 1 heterocycles. The smallest absolute Gasteiger partial charge is 0.119 e. The van der Waals surface area contributed by atoms with Crippen LogP contribution in [0.2, 0.25) is 0 Å². The van der Waals surface area contributed by atoms with E-state index in [0.29, 0.717) is 11.7 Å². The number of aromatic amines is 1. The molecule has 0 aliphatic rings. The minimum atomic E-state index is 0.336. The van der Waals surface area contributed by atoms with Crippen molar-refractivity contribution in [2.24, 2.45) is 0 Å². The van der Waals surface area contributed by atoms with Gasteiger partial charge >= 0.3 is 0 Å². The largest absolute Gasteiger partial charge is 0.508 e. The van der Waals surface area contributed by atoms with Crippen LogP contribution in [-0.2, 0) is 0 Å². The van der Waals surface area contributed by atoms with Crippen molar-refractivity contribution in [1.29, 1.82) is 0 Å². The average Bonchev–Trinajstić information content (AvgIpc) is 2.69. The molecule has 0 fully saturated rings. The van der Waals surface area contributed by atoms with Gasteiger partial charge in [0, 0.05) is 11.8 Å². The second-order valence-electron chi connectivity index (χ2n) is 3.92. The third-order valence-electron chi connectivity index (χ3n) is 2.48. The second-order valence-corrected chi connectivity index (χ2v) is 3.92. The molecule has 0 saturated carbocycles. The fourth-order valence-electron chi connectivity index (χ4n) is 1.62. The van der Waals surface area contributed by atoms with E-state index in [4.69, 9.17) is 0 Å². The molecule has 78 valence electrons. The van der Waals surface area contributed by atoms with Gasteiger partial charge in [0.15, 0.2) is 0 Å². The van der Waals surface area contributed by atoms with Gasteiger partial charge in [0.1, 0.15) is 5.75 Å². The summed E-state index contributed by atoms with van der Waals surface area (Å²) in [5.74, 6) is 0.687. The predicted molar refractivity (Wildman–Crippen MR) is 59.8 cm³/mol. The van der Waals surface area contributed by atoms with E-state index >= 15 is 0 Å². The van der Waals surface area contributed by atoms with E-state index in [-0.39, 0.29) is 0 Å². The van der Waals surface area contributed by atoms with Crippen molar-refractivity contribution in [3.63, 3.8) is 0 Å². The summed E-state index contributed by atoms with van der Waals surface area (Å²) in [4.78, 5) is 0.